The highest BCUT2D eigenvalue weighted by molar-refractivity contribution is 6.62. The number of ether oxygens (including phenoxy) is 2. The Hall–Kier alpha value is -2.89. The van der Waals surface area contributed by atoms with E-state index in [4.69, 9.17) is 18.8 Å². The molecule has 39 heavy (non-hydrogen) atoms. The Morgan fingerprint density at radius 2 is 1.77 bits per heavy atom. The number of hydrogen-bond donors (Lipinski definition) is 2. The number of H-pyrrole nitrogens is 1. The molecule has 4 heterocycles. The summed E-state index contributed by atoms with van der Waals surface area (Å²) in [5.74, 6) is 0.649. The van der Waals surface area contributed by atoms with E-state index in [-0.39, 0.29) is 17.9 Å². The van der Waals surface area contributed by atoms with Crippen LogP contribution in [0.2, 0.25) is 0 Å². The second kappa shape index (κ2) is 10.9. The normalized spacial score (nSPS) is 23.6. The highest BCUT2D eigenvalue weighted by Crippen LogP contribution is 2.37. The molecular weight excluding hydrogens is 499 g/mol. The minimum absolute atomic E-state index is 0.00116. The van der Waals surface area contributed by atoms with Crippen molar-refractivity contribution in [2.24, 2.45) is 5.92 Å². The van der Waals surface area contributed by atoms with Crippen LogP contribution in [0.5, 0.6) is 0 Å². The minimum atomic E-state index is -0.654. The molecule has 3 saturated heterocycles. The van der Waals surface area contributed by atoms with Gasteiger partial charge in [-0.15, -0.1) is 0 Å². The van der Waals surface area contributed by atoms with Gasteiger partial charge in [0, 0.05) is 19.8 Å². The third-order valence-corrected chi connectivity index (χ3v) is 8.66. The number of carbonyl (C=O) groups excluding carboxylic acids is 2. The van der Waals surface area contributed by atoms with Crippen LogP contribution in [0, 0.1) is 5.92 Å². The van der Waals surface area contributed by atoms with E-state index in [9.17, 15) is 9.59 Å². The Morgan fingerprint density at radius 1 is 1.10 bits per heavy atom. The molecule has 11 heteroatoms. The molecule has 0 saturated carbocycles. The number of likely N-dealkylation sites (tertiary alicyclic amines) is 1. The van der Waals surface area contributed by atoms with Gasteiger partial charge in [-0.3, -0.25) is 4.79 Å². The summed E-state index contributed by atoms with van der Waals surface area (Å²) in [6.07, 6.45) is 4.31. The molecular formula is C28H39BN4O6. The summed E-state index contributed by atoms with van der Waals surface area (Å²) in [6, 6.07) is 7.24. The summed E-state index contributed by atoms with van der Waals surface area (Å²) in [4.78, 5) is 35.8. The van der Waals surface area contributed by atoms with Crippen LogP contribution in [0.4, 0.5) is 4.79 Å². The maximum atomic E-state index is 13.8. The van der Waals surface area contributed by atoms with Gasteiger partial charge in [0.1, 0.15) is 11.9 Å². The molecule has 2 amide bonds. The molecule has 3 aliphatic rings. The predicted molar refractivity (Wildman–Crippen MR) is 146 cm³/mol. The van der Waals surface area contributed by atoms with Gasteiger partial charge in [-0.25, -0.2) is 9.78 Å². The number of rotatable bonds is 6. The third-order valence-electron chi connectivity index (χ3n) is 8.66. The van der Waals surface area contributed by atoms with E-state index in [1.165, 1.54) is 7.11 Å². The van der Waals surface area contributed by atoms with Gasteiger partial charge >= 0.3 is 13.2 Å². The van der Waals surface area contributed by atoms with Gasteiger partial charge < -0.3 is 34.0 Å². The summed E-state index contributed by atoms with van der Waals surface area (Å²) in [5.41, 5.74) is 2.03. The van der Waals surface area contributed by atoms with Gasteiger partial charge in [-0.1, -0.05) is 24.3 Å². The van der Waals surface area contributed by atoms with Crippen LogP contribution in [-0.2, 0) is 23.6 Å². The van der Waals surface area contributed by atoms with Crippen molar-refractivity contribution < 1.29 is 28.4 Å². The standard InChI is InChI=1S/C28H39BN4O6/c1-27(2)28(3,4)39-29(38-27)20-10-8-18(9-11-20)21-17-30-24(31-21)22-7-6-14-33(22)25(34)23(32-26(35)36-5)19-12-15-37-16-13-19/h8-11,17,19,22-23H,6-7,12-16H2,1-5H3,(H,30,31)(H,32,35)/t22-,23?/m0/s1. The lowest BCUT2D eigenvalue weighted by Crippen LogP contribution is -2.53. The molecule has 1 unspecified atom stereocenters. The number of aromatic amines is 1. The van der Waals surface area contributed by atoms with Crippen molar-refractivity contribution in [2.75, 3.05) is 26.9 Å². The smallest absolute Gasteiger partial charge is 0.453 e. The van der Waals surface area contributed by atoms with Gasteiger partial charge in [0.2, 0.25) is 5.91 Å². The Morgan fingerprint density at radius 3 is 2.41 bits per heavy atom. The topological polar surface area (TPSA) is 115 Å². The van der Waals surface area contributed by atoms with E-state index in [0.717, 1.165) is 35.4 Å². The fraction of sp³-hybridized carbons (Fsp3) is 0.607. The first-order valence-corrected chi connectivity index (χ1v) is 13.8. The summed E-state index contributed by atoms with van der Waals surface area (Å²) >= 11 is 0. The van der Waals surface area contributed by atoms with Crippen LogP contribution < -0.4 is 10.8 Å². The molecule has 0 bridgehead atoms. The molecule has 0 radical (unpaired) electrons. The number of aromatic nitrogens is 2. The first-order valence-electron chi connectivity index (χ1n) is 13.8. The van der Waals surface area contributed by atoms with Crippen LogP contribution in [0.3, 0.4) is 0 Å². The van der Waals surface area contributed by atoms with Gasteiger partial charge in [-0.2, -0.15) is 0 Å². The van der Waals surface area contributed by atoms with Crippen molar-refractivity contribution in [3.05, 3.63) is 36.3 Å². The van der Waals surface area contributed by atoms with Crippen molar-refractivity contribution in [3.63, 3.8) is 0 Å². The van der Waals surface area contributed by atoms with Gasteiger partial charge in [0.25, 0.3) is 0 Å². The van der Waals surface area contributed by atoms with E-state index >= 15 is 0 Å². The Kier molecular flexibility index (Phi) is 7.76. The third kappa shape index (κ3) is 5.57. The summed E-state index contributed by atoms with van der Waals surface area (Å²) < 4.78 is 22.7. The molecule has 2 aromatic rings. The Bertz CT molecular complexity index is 1160. The number of amides is 2. The molecule has 2 atom stereocenters. The molecule has 5 rings (SSSR count). The molecule has 3 aliphatic heterocycles. The first-order chi connectivity index (χ1) is 18.6. The fourth-order valence-electron chi connectivity index (χ4n) is 5.56. The van der Waals surface area contributed by atoms with E-state index in [1.54, 1.807) is 0 Å². The Balaban J connectivity index is 1.30. The maximum absolute atomic E-state index is 13.8. The van der Waals surface area contributed by atoms with E-state index < -0.39 is 30.5 Å². The molecule has 1 aromatic heterocycles. The van der Waals surface area contributed by atoms with E-state index in [2.05, 4.69) is 15.3 Å². The lowest BCUT2D eigenvalue weighted by molar-refractivity contribution is -0.136. The summed E-state index contributed by atoms with van der Waals surface area (Å²) in [5, 5.41) is 2.80. The molecule has 0 aliphatic carbocycles. The lowest BCUT2D eigenvalue weighted by Gasteiger charge is -2.34. The Labute approximate surface area is 230 Å². The second-order valence-corrected chi connectivity index (χ2v) is 11.6. The van der Waals surface area contributed by atoms with Gasteiger partial charge in [0.15, 0.2) is 0 Å². The number of nitrogens with zero attached hydrogens (tertiary/aromatic N) is 2. The molecule has 3 fully saturated rings. The molecule has 210 valence electrons. The highest BCUT2D eigenvalue weighted by atomic mass is 16.7. The molecule has 2 N–H and O–H groups in total. The van der Waals surface area contributed by atoms with Crippen LogP contribution >= 0.6 is 0 Å². The predicted octanol–water partition coefficient (Wildman–Crippen LogP) is 3.19. The van der Waals surface area contributed by atoms with E-state index in [1.807, 2.05) is 63.1 Å². The second-order valence-electron chi connectivity index (χ2n) is 11.6. The molecule has 0 spiro atoms. The monoisotopic (exact) mass is 538 g/mol. The summed E-state index contributed by atoms with van der Waals surface area (Å²) in [7, 11) is 0.896. The number of methoxy groups -OCH3 is 1. The van der Waals surface area contributed by atoms with Crippen LogP contribution in [-0.4, -0.2) is 78.1 Å². The number of nitrogens with one attached hydrogen (secondary N) is 2. The fourth-order valence-corrected chi connectivity index (χ4v) is 5.56. The van der Waals surface area contributed by atoms with Crippen molar-refractivity contribution in [1.29, 1.82) is 0 Å². The van der Waals surface area contributed by atoms with Crippen molar-refractivity contribution in [2.45, 2.75) is 76.7 Å². The average molecular weight is 538 g/mol. The summed E-state index contributed by atoms with van der Waals surface area (Å²) in [6.45, 7) is 9.95. The number of alkyl carbamates (subject to hydrolysis) is 1. The van der Waals surface area contributed by atoms with Crippen LogP contribution in [0.1, 0.15) is 65.2 Å². The quantitative estimate of drug-likeness (QED) is 0.543. The largest absolute Gasteiger partial charge is 0.494 e. The van der Waals surface area contributed by atoms with Gasteiger partial charge in [-0.05, 0) is 70.3 Å². The van der Waals surface area contributed by atoms with Crippen LogP contribution in [0.25, 0.3) is 11.3 Å². The maximum Gasteiger partial charge on any atom is 0.494 e. The van der Waals surface area contributed by atoms with Gasteiger partial charge in [0.05, 0.1) is 36.2 Å². The highest BCUT2D eigenvalue weighted by Gasteiger charge is 2.51. The zero-order valence-electron chi connectivity index (χ0n) is 23.5. The molecule has 1 aromatic carbocycles. The number of imidazole rings is 1. The zero-order valence-corrected chi connectivity index (χ0v) is 23.5. The lowest BCUT2D eigenvalue weighted by atomic mass is 9.79. The van der Waals surface area contributed by atoms with E-state index in [0.29, 0.717) is 32.6 Å². The first kappa shape index (κ1) is 27.7. The SMILES string of the molecule is COC(=O)NC(C(=O)N1CCC[C@H]1c1ncc(-c2ccc(B3OC(C)(C)C(C)(C)O3)cc2)[nH]1)C1CCOCC1. The number of carbonyl (C=O) groups is 2. The zero-order chi connectivity index (χ0) is 27.8. The van der Waals surface area contributed by atoms with Crippen molar-refractivity contribution >= 4 is 24.6 Å². The average Bonchev–Trinajstić information content (AvgIpc) is 3.65. The molecule has 10 nitrogen and oxygen atoms in total. The van der Waals surface area contributed by atoms with Crippen molar-refractivity contribution in [1.82, 2.24) is 20.2 Å². The number of benzene rings is 1. The number of hydrogen-bond acceptors (Lipinski definition) is 7. The van der Waals surface area contributed by atoms with Crippen LogP contribution in [0.15, 0.2) is 30.5 Å². The van der Waals surface area contributed by atoms with Crippen molar-refractivity contribution in [3.8, 4) is 11.3 Å². The minimum Gasteiger partial charge on any atom is -0.453 e.